The van der Waals surface area contributed by atoms with Crippen molar-refractivity contribution in [3.05, 3.63) is 106 Å². The lowest BCUT2D eigenvalue weighted by Crippen LogP contribution is -2.42. The van der Waals surface area contributed by atoms with Crippen LogP contribution in [-0.4, -0.2) is 40.8 Å². The number of hydrogen-bond donors (Lipinski definition) is 3. The van der Waals surface area contributed by atoms with Gasteiger partial charge in [-0.15, -0.1) is 0 Å². The van der Waals surface area contributed by atoms with Crippen molar-refractivity contribution in [1.29, 1.82) is 0 Å². The quantitative estimate of drug-likeness (QED) is 0.521. The maximum absolute atomic E-state index is 12.4. The van der Waals surface area contributed by atoms with Crippen molar-refractivity contribution in [3.8, 4) is 0 Å². The van der Waals surface area contributed by atoms with E-state index in [2.05, 4.69) is 22.8 Å². The molecule has 1 amide bonds. The number of aliphatic hydroxyl groups excluding tert-OH is 1. The number of benzene rings is 2. The molecule has 6 heteroatoms. The van der Waals surface area contributed by atoms with Crippen LogP contribution in [0, 0.1) is 0 Å². The summed E-state index contributed by atoms with van der Waals surface area (Å²) in [7, 11) is 0. The van der Waals surface area contributed by atoms with Gasteiger partial charge in [-0.1, -0.05) is 54.6 Å². The zero-order valence-electron chi connectivity index (χ0n) is 17.3. The summed E-state index contributed by atoms with van der Waals surface area (Å²) in [5.74, 6) is -0.365. The number of amides is 1. The summed E-state index contributed by atoms with van der Waals surface area (Å²) in [6.07, 6.45) is 2.83. The number of fused-ring (bicyclic) bond motifs is 1. The van der Waals surface area contributed by atoms with Crippen LogP contribution in [0.3, 0.4) is 0 Å². The van der Waals surface area contributed by atoms with Gasteiger partial charge < -0.3 is 20.3 Å². The summed E-state index contributed by atoms with van der Waals surface area (Å²) in [6.45, 7) is 0.979. The van der Waals surface area contributed by atoms with Crippen molar-refractivity contribution < 1.29 is 9.90 Å². The minimum Gasteiger partial charge on any atom is -0.390 e. The summed E-state index contributed by atoms with van der Waals surface area (Å²) in [5, 5.41) is 16.3. The summed E-state index contributed by atoms with van der Waals surface area (Å²) < 4.78 is 1.56. The molecule has 1 heterocycles. The molecular weight excluding hydrogens is 390 g/mol. The molecule has 160 valence electrons. The van der Waals surface area contributed by atoms with Crippen molar-refractivity contribution in [2.75, 3.05) is 13.1 Å². The Balaban J connectivity index is 1.24. The van der Waals surface area contributed by atoms with Gasteiger partial charge in [0.15, 0.2) is 0 Å². The first-order valence-electron chi connectivity index (χ1n) is 10.6. The Morgan fingerprint density at radius 1 is 1.00 bits per heavy atom. The Hall–Kier alpha value is -3.22. The second-order valence-corrected chi connectivity index (χ2v) is 8.01. The van der Waals surface area contributed by atoms with Gasteiger partial charge in [0.1, 0.15) is 0 Å². The highest BCUT2D eigenvalue weighted by molar-refractivity contribution is 5.93. The van der Waals surface area contributed by atoms with Crippen LogP contribution in [0.5, 0.6) is 0 Å². The van der Waals surface area contributed by atoms with E-state index in [0.29, 0.717) is 24.7 Å². The zero-order chi connectivity index (χ0) is 21.6. The maximum atomic E-state index is 12.4. The number of hydrogen-bond acceptors (Lipinski definition) is 4. The summed E-state index contributed by atoms with van der Waals surface area (Å²) in [4.78, 5) is 24.7. The van der Waals surface area contributed by atoms with Crippen molar-refractivity contribution in [2.45, 2.75) is 31.5 Å². The number of pyridine rings is 1. The summed E-state index contributed by atoms with van der Waals surface area (Å²) >= 11 is 0. The van der Waals surface area contributed by atoms with Gasteiger partial charge in [-0.3, -0.25) is 9.59 Å². The van der Waals surface area contributed by atoms with Crippen LogP contribution in [0.2, 0.25) is 0 Å². The third kappa shape index (κ3) is 5.48. The Bertz CT molecular complexity index is 1070. The van der Waals surface area contributed by atoms with Gasteiger partial charge in [0, 0.05) is 37.0 Å². The van der Waals surface area contributed by atoms with Crippen LogP contribution in [-0.2, 0) is 19.4 Å². The van der Waals surface area contributed by atoms with E-state index in [1.807, 2.05) is 42.5 Å². The molecule has 31 heavy (non-hydrogen) atoms. The maximum Gasteiger partial charge on any atom is 0.251 e. The standard InChI is InChI=1S/C25H27N3O3/c29-23(15-26-22-12-19-8-4-5-9-20(19)13-22)16-27-25(31)21-10-11-28(24(30)14-21)17-18-6-2-1-3-7-18/h1-11,14,22-23,26,29H,12-13,15-17H2,(H,27,31). The SMILES string of the molecule is O=C(NCC(O)CNC1Cc2ccccc2C1)c1ccn(Cc2ccccc2)c(=O)c1. The molecular formula is C25H27N3O3. The molecule has 1 aromatic heterocycles. The first-order chi connectivity index (χ1) is 15.1. The lowest BCUT2D eigenvalue weighted by atomic mass is 10.1. The van der Waals surface area contributed by atoms with Crippen molar-refractivity contribution in [1.82, 2.24) is 15.2 Å². The van der Waals surface area contributed by atoms with Crippen LogP contribution < -0.4 is 16.2 Å². The van der Waals surface area contributed by atoms with E-state index in [9.17, 15) is 14.7 Å². The highest BCUT2D eigenvalue weighted by Crippen LogP contribution is 2.21. The zero-order valence-corrected chi connectivity index (χ0v) is 17.3. The topological polar surface area (TPSA) is 83.4 Å². The molecule has 2 aromatic carbocycles. The molecule has 6 nitrogen and oxygen atoms in total. The number of aliphatic hydroxyl groups is 1. The van der Waals surface area contributed by atoms with Gasteiger partial charge in [0.2, 0.25) is 0 Å². The average molecular weight is 418 g/mol. The third-order valence-electron chi connectivity index (χ3n) is 5.65. The molecule has 3 N–H and O–H groups in total. The van der Waals surface area contributed by atoms with E-state index in [-0.39, 0.29) is 18.0 Å². The summed E-state index contributed by atoms with van der Waals surface area (Å²) in [5.41, 5.74) is 3.78. The molecule has 0 fully saturated rings. The van der Waals surface area contributed by atoms with E-state index in [0.717, 1.165) is 18.4 Å². The van der Waals surface area contributed by atoms with Gasteiger partial charge in [0.05, 0.1) is 12.6 Å². The van der Waals surface area contributed by atoms with Crippen molar-refractivity contribution in [3.63, 3.8) is 0 Å². The fourth-order valence-electron chi connectivity index (χ4n) is 3.95. The highest BCUT2D eigenvalue weighted by atomic mass is 16.3. The smallest absolute Gasteiger partial charge is 0.251 e. The van der Waals surface area contributed by atoms with E-state index < -0.39 is 6.10 Å². The lowest BCUT2D eigenvalue weighted by Gasteiger charge is -2.17. The van der Waals surface area contributed by atoms with Crippen LogP contribution in [0.25, 0.3) is 0 Å². The number of rotatable bonds is 8. The molecule has 1 unspecified atom stereocenters. The Morgan fingerprint density at radius 2 is 1.68 bits per heavy atom. The second-order valence-electron chi connectivity index (χ2n) is 8.01. The predicted molar refractivity (Wildman–Crippen MR) is 120 cm³/mol. The Labute approximate surface area is 181 Å². The van der Waals surface area contributed by atoms with E-state index in [1.165, 1.54) is 17.2 Å². The van der Waals surface area contributed by atoms with Crippen molar-refractivity contribution in [2.24, 2.45) is 0 Å². The monoisotopic (exact) mass is 417 g/mol. The molecule has 0 saturated carbocycles. The second kappa shape index (κ2) is 9.73. The Kier molecular flexibility index (Phi) is 6.60. The number of nitrogens with zero attached hydrogens (tertiary/aromatic N) is 1. The highest BCUT2D eigenvalue weighted by Gasteiger charge is 2.21. The Morgan fingerprint density at radius 3 is 2.35 bits per heavy atom. The van der Waals surface area contributed by atoms with Gasteiger partial charge in [0.25, 0.3) is 11.5 Å². The van der Waals surface area contributed by atoms with E-state index in [1.54, 1.807) is 16.8 Å². The fraction of sp³-hybridized carbons (Fsp3) is 0.280. The van der Waals surface area contributed by atoms with E-state index >= 15 is 0 Å². The number of carbonyl (C=O) groups is 1. The predicted octanol–water partition coefficient (Wildman–Crippen LogP) is 1.74. The molecule has 1 aliphatic rings. The molecule has 0 spiro atoms. The molecule has 0 saturated heterocycles. The first kappa shape index (κ1) is 21.0. The molecule has 4 rings (SSSR count). The van der Waals surface area contributed by atoms with Crippen LogP contribution in [0.4, 0.5) is 0 Å². The summed E-state index contributed by atoms with van der Waals surface area (Å²) in [6, 6.07) is 21.3. The average Bonchev–Trinajstić information content (AvgIpc) is 3.21. The van der Waals surface area contributed by atoms with Gasteiger partial charge >= 0.3 is 0 Å². The molecule has 1 aliphatic carbocycles. The number of aromatic nitrogens is 1. The fourth-order valence-corrected chi connectivity index (χ4v) is 3.95. The molecule has 0 bridgehead atoms. The molecule has 3 aromatic rings. The van der Waals surface area contributed by atoms with Gasteiger partial charge in [-0.05, 0) is 35.6 Å². The largest absolute Gasteiger partial charge is 0.390 e. The van der Waals surface area contributed by atoms with Crippen LogP contribution in [0.15, 0.2) is 77.7 Å². The lowest BCUT2D eigenvalue weighted by molar-refractivity contribution is 0.0913. The molecule has 1 atom stereocenters. The molecule has 0 aliphatic heterocycles. The van der Waals surface area contributed by atoms with Crippen LogP contribution >= 0.6 is 0 Å². The minimum atomic E-state index is -0.703. The molecule has 0 radical (unpaired) electrons. The minimum absolute atomic E-state index is 0.124. The van der Waals surface area contributed by atoms with Gasteiger partial charge in [-0.25, -0.2) is 0 Å². The van der Waals surface area contributed by atoms with Crippen LogP contribution in [0.1, 0.15) is 27.0 Å². The number of nitrogens with one attached hydrogen (secondary N) is 2. The first-order valence-corrected chi connectivity index (χ1v) is 10.6. The van der Waals surface area contributed by atoms with E-state index in [4.69, 9.17) is 0 Å². The third-order valence-corrected chi connectivity index (χ3v) is 5.65. The van der Waals surface area contributed by atoms with Gasteiger partial charge in [-0.2, -0.15) is 0 Å². The normalized spacial score (nSPS) is 14.2. The van der Waals surface area contributed by atoms with Crippen molar-refractivity contribution >= 4 is 5.91 Å². The number of carbonyl (C=O) groups excluding carboxylic acids is 1.